The Labute approximate surface area is 179 Å². The lowest BCUT2D eigenvalue weighted by molar-refractivity contribution is -0.159. The average molecular weight is 429 g/mol. The van der Waals surface area contributed by atoms with Crippen LogP contribution in [-0.4, -0.2) is 68.0 Å². The molecule has 1 saturated carbocycles. The molecule has 0 bridgehead atoms. The first-order chi connectivity index (χ1) is 15.0. The summed E-state index contributed by atoms with van der Waals surface area (Å²) in [6, 6.07) is 4.50. The average Bonchev–Trinajstić information content (AvgIpc) is 3.53. The van der Waals surface area contributed by atoms with E-state index in [1.807, 2.05) is 0 Å². The molecule has 0 radical (unpaired) electrons. The molecule has 2 aromatic rings. The third kappa shape index (κ3) is 4.83. The van der Waals surface area contributed by atoms with E-state index in [1.54, 1.807) is 18.2 Å². The number of nitrogens with one attached hydrogen (secondary N) is 3. The molecule has 1 aromatic heterocycles. The van der Waals surface area contributed by atoms with Crippen molar-refractivity contribution < 1.29 is 19.6 Å². The van der Waals surface area contributed by atoms with Crippen LogP contribution in [0.25, 0.3) is 11.0 Å². The number of fused-ring (bicyclic) bond motifs is 1. The van der Waals surface area contributed by atoms with E-state index in [4.69, 9.17) is 0 Å². The number of benzene rings is 1. The molecule has 1 aliphatic carbocycles. The highest BCUT2D eigenvalue weighted by Gasteiger charge is 2.39. The number of hydrogen-bond donors (Lipinski definition) is 4. The summed E-state index contributed by atoms with van der Waals surface area (Å²) < 4.78 is 0. The van der Waals surface area contributed by atoms with E-state index < -0.39 is 12.0 Å². The lowest BCUT2D eigenvalue weighted by atomic mass is 9.92. The van der Waals surface area contributed by atoms with Gasteiger partial charge in [-0.05, 0) is 37.0 Å². The van der Waals surface area contributed by atoms with Gasteiger partial charge in [-0.2, -0.15) is 15.4 Å². The van der Waals surface area contributed by atoms with Gasteiger partial charge in [0.1, 0.15) is 17.1 Å². The van der Waals surface area contributed by atoms with Crippen LogP contribution in [0.4, 0.5) is 5.69 Å². The maximum absolute atomic E-state index is 13.3. The molecule has 11 nitrogen and oxygen atoms in total. The quantitative estimate of drug-likeness (QED) is 0.279. The summed E-state index contributed by atoms with van der Waals surface area (Å²) in [5.74, 6) is -0.779. The number of aromatic amines is 1. The van der Waals surface area contributed by atoms with E-state index in [0.717, 1.165) is 25.7 Å². The van der Waals surface area contributed by atoms with E-state index in [9.17, 15) is 19.6 Å². The minimum absolute atomic E-state index is 0.0891. The number of hydrazine groups is 1. The molecule has 1 saturated heterocycles. The first kappa shape index (κ1) is 21.2. The van der Waals surface area contributed by atoms with E-state index >= 15 is 0 Å². The van der Waals surface area contributed by atoms with Crippen molar-refractivity contribution in [3.8, 4) is 0 Å². The van der Waals surface area contributed by atoms with Crippen molar-refractivity contribution in [1.29, 1.82) is 0 Å². The van der Waals surface area contributed by atoms with Gasteiger partial charge in [-0.1, -0.05) is 25.7 Å². The lowest BCUT2D eigenvalue weighted by Crippen LogP contribution is -2.51. The van der Waals surface area contributed by atoms with Crippen LogP contribution < -0.4 is 10.7 Å². The van der Waals surface area contributed by atoms with Crippen LogP contribution in [-0.2, 0) is 14.4 Å². The Morgan fingerprint density at radius 3 is 2.81 bits per heavy atom. The van der Waals surface area contributed by atoms with E-state index in [0.29, 0.717) is 53.5 Å². The van der Waals surface area contributed by atoms with Crippen molar-refractivity contribution in [2.75, 3.05) is 18.4 Å². The molecule has 11 heteroatoms. The van der Waals surface area contributed by atoms with Crippen LogP contribution in [0.15, 0.2) is 18.2 Å². The Kier molecular flexibility index (Phi) is 6.42. The number of nitrogens with zero attached hydrogens (tertiary/aromatic N) is 4. The predicted molar refractivity (Wildman–Crippen MR) is 110 cm³/mol. The molecule has 2 aliphatic rings. The summed E-state index contributed by atoms with van der Waals surface area (Å²) in [6.45, 7) is 0.396. The number of carbonyl (C=O) groups is 3. The Morgan fingerprint density at radius 1 is 1.26 bits per heavy atom. The summed E-state index contributed by atoms with van der Waals surface area (Å²) >= 11 is 0. The fourth-order valence-electron chi connectivity index (χ4n) is 4.55. The highest BCUT2D eigenvalue weighted by molar-refractivity contribution is 5.98. The highest BCUT2D eigenvalue weighted by atomic mass is 16.5. The van der Waals surface area contributed by atoms with Crippen molar-refractivity contribution in [3.63, 3.8) is 0 Å². The Balaban J connectivity index is 1.45. The predicted octanol–water partition coefficient (Wildman–Crippen LogP) is 1.05. The number of rotatable bonds is 8. The molecule has 1 aliphatic heterocycles. The van der Waals surface area contributed by atoms with Crippen molar-refractivity contribution in [1.82, 2.24) is 30.9 Å². The number of amides is 3. The minimum atomic E-state index is -0.685. The zero-order chi connectivity index (χ0) is 21.8. The largest absolute Gasteiger partial charge is 0.324 e. The number of carbonyl (C=O) groups excluding carboxylic acids is 3. The SMILES string of the molecule is O=CN(O)C[C@@H](CC1CCCC1)C(=O)N1NCCC1C(=O)Nc1ccc2n[nH]nc2c1. The molecule has 3 amide bonds. The van der Waals surface area contributed by atoms with Gasteiger partial charge in [0.15, 0.2) is 0 Å². The van der Waals surface area contributed by atoms with Crippen molar-refractivity contribution in [3.05, 3.63) is 18.2 Å². The maximum atomic E-state index is 13.3. The second-order valence-electron chi connectivity index (χ2n) is 8.25. The fourth-order valence-corrected chi connectivity index (χ4v) is 4.55. The number of H-pyrrole nitrogens is 1. The Hall–Kier alpha value is -3.05. The van der Waals surface area contributed by atoms with Gasteiger partial charge < -0.3 is 5.32 Å². The lowest BCUT2D eigenvalue weighted by Gasteiger charge is -2.30. The molecule has 1 unspecified atom stereocenters. The van der Waals surface area contributed by atoms with E-state index in [1.165, 1.54) is 5.01 Å². The van der Waals surface area contributed by atoms with Crippen LogP contribution >= 0.6 is 0 Å². The van der Waals surface area contributed by atoms with Gasteiger partial charge in [-0.25, -0.2) is 10.5 Å². The normalized spacial score (nSPS) is 20.2. The van der Waals surface area contributed by atoms with Gasteiger partial charge >= 0.3 is 0 Å². The fraction of sp³-hybridized carbons (Fsp3) is 0.550. The molecular formula is C20H27N7O4. The molecule has 1 aromatic carbocycles. The third-order valence-electron chi connectivity index (χ3n) is 6.11. The van der Waals surface area contributed by atoms with Gasteiger partial charge in [0.05, 0.1) is 12.5 Å². The summed E-state index contributed by atoms with van der Waals surface area (Å²) in [5.41, 5.74) is 4.89. The van der Waals surface area contributed by atoms with Crippen molar-refractivity contribution >= 4 is 34.9 Å². The van der Waals surface area contributed by atoms with Crippen LogP contribution in [0.1, 0.15) is 38.5 Å². The summed E-state index contributed by atoms with van der Waals surface area (Å²) in [7, 11) is 0. The smallest absolute Gasteiger partial charge is 0.248 e. The minimum Gasteiger partial charge on any atom is -0.324 e. The number of hydrogen-bond acceptors (Lipinski definition) is 7. The summed E-state index contributed by atoms with van der Waals surface area (Å²) in [4.78, 5) is 37.2. The molecule has 2 atom stereocenters. The first-order valence-electron chi connectivity index (χ1n) is 10.6. The van der Waals surface area contributed by atoms with E-state index in [-0.39, 0.29) is 18.4 Å². The van der Waals surface area contributed by atoms with Crippen LogP contribution in [0.5, 0.6) is 0 Å². The number of aromatic nitrogens is 3. The van der Waals surface area contributed by atoms with Gasteiger partial charge in [0.2, 0.25) is 18.2 Å². The highest BCUT2D eigenvalue weighted by Crippen LogP contribution is 2.31. The van der Waals surface area contributed by atoms with Crippen molar-refractivity contribution in [2.45, 2.75) is 44.6 Å². The maximum Gasteiger partial charge on any atom is 0.248 e. The molecule has 4 rings (SSSR count). The third-order valence-corrected chi connectivity index (χ3v) is 6.11. The molecule has 166 valence electrons. The van der Waals surface area contributed by atoms with Crippen LogP contribution in [0.3, 0.4) is 0 Å². The zero-order valence-corrected chi connectivity index (χ0v) is 17.2. The standard InChI is InChI=1S/C20H27N7O4/c28-12-26(31)11-14(9-13-3-1-2-4-13)20(30)27-18(7-8-21-27)19(29)22-15-5-6-16-17(10-15)24-25-23-16/h5-6,10,12-14,18,21,31H,1-4,7-9,11H2,(H,22,29)(H,23,24,25)/t14-,18?/m1/s1. The monoisotopic (exact) mass is 429 g/mol. The molecular weight excluding hydrogens is 402 g/mol. The van der Waals surface area contributed by atoms with Gasteiger partial charge in [-0.3, -0.25) is 24.6 Å². The summed E-state index contributed by atoms with van der Waals surface area (Å²) in [5, 5.41) is 25.0. The molecule has 0 spiro atoms. The molecule has 2 fully saturated rings. The zero-order valence-electron chi connectivity index (χ0n) is 17.2. The first-order valence-corrected chi connectivity index (χ1v) is 10.6. The molecule has 2 heterocycles. The molecule has 4 N–H and O–H groups in total. The van der Waals surface area contributed by atoms with E-state index in [2.05, 4.69) is 26.2 Å². The second kappa shape index (κ2) is 9.40. The summed E-state index contributed by atoms with van der Waals surface area (Å²) in [6.07, 6.45) is 5.69. The Morgan fingerprint density at radius 2 is 2.03 bits per heavy atom. The molecule has 31 heavy (non-hydrogen) atoms. The van der Waals surface area contributed by atoms with Gasteiger partial charge in [0.25, 0.3) is 0 Å². The van der Waals surface area contributed by atoms with Crippen LogP contribution in [0, 0.1) is 11.8 Å². The van der Waals surface area contributed by atoms with Crippen molar-refractivity contribution in [2.24, 2.45) is 11.8 Å². The Bertz CT molecular complexity index is 943. The topological polar surface area (TPSA) is 144 Å². The van der Waals surface area contributed by atoms with Crippen LogP contribution in [0.2, 0.25) is 0 Å². The number of hydroxylamine groups is 2. The second-order valence-corrected chi connectivity index (χ2v) is 8.25. The van der Waals surface area contributed by atoms with Gasteiger partial charge in [-0.15, -0.1) is 0 Å². The number of anilines is 1. The van der Waals surface area contributed by atoms with Gasteiger partial charge in [0, 0.05) is 12.2 Å².